The summed E-state index contributed by atoms with van der Waals surface area (Å²) in [6, 6.07) is 18.0. The summed E-state index contributed by atoms with van der Waals surface area (Å²) >= 11 is 4.26. The Labute approximate surface area is 174 Å². The highest BCUT2D eigenvalue weighted by atomic mass is 32.1. The molecule has 1 aliphatic rings. The third-order valence-corrected chi connectivity index (χ3v) is 5.65. The van der Waals surface area contributed by atoms with Gasteiger partial charge in [-0.3, -0.25) is 0 Å². The van der Waals surface area contributed by atoms with Crippen molar-refractivity contribution < 1.29 is 13.5 Å². The van der Waals surface area contributed by atoms with Crippen molar-refractivity contribution in [3.8, 4) is 22.8 Å². The maximum Gasteiger partial charge on any atom is 0.138 e. The van der Waals surface area contributed by atoms with Gasteiger partial charge in [0.25, 0.3) is 0 Å². The van der Waals surface area contributed by atoms with Gasteiger partial charge in [0.2, 0.25) is 0 Å². The molecule has 3 aromatic carbocycles. The van der Waals surface area contributed by atoms with Gasteiger partial charge >= 0.3 is 0 Å². The lowest BCUT2D eigenvalue weighted by molar-refractivity contribution is 0.480. The van der Waals surface area contributed by atoms with Gasteiger partial charge in [-0.15, -0.1) is 0 Å². The molecular weight excluding hydrogens is 385 g/mol. The molecule has 1 aliphatic carbocycles. The highest BCUT2D eigenvalue weighted by molar-refractivity contribution is 7.81. The summed E-state index contributed by atoms with van der Waals surface area (Å²) in [5.74, 6) is 2.47. The minimum atomic E-state index is -0.283. The van der Waals surface area contributed by atoms with Gasteiger partial charge in [0, 0.05) is 22.6 Å². The second kappa shape index (κ2) is 7.16. The Bertz CT molecular complexity index is 1180. The Morgan fingerprint density at radius 2 is 1.66 bits per heavy atom. The predicted octanol–water partition coefficient (Wildman–Crippen LogP) is 7.47. The summed E-state index contributed by atoms with van der Waals surface area (Å²) in [6.07, 6.45) is 2.46. The molecule has 4 aromatic rings. The van der Waals surface area contributed by atoms with E-state index >= 15 is 0 Å². The van der Waals surface area contributed by atoms with Crippen molar-refractivity contribution in [2.24, 2.45) is 0 Å². The first-order chi connectivity index (χ1) is 14.1. The SMILES string of the molecule is Cc1c(-c2ccc(Oc3ccc(F)cc3)cc2)oc2cc(NS)c(C3CC3)cc12. The predicted molar refractivity (Wildman–Crippen MR) is 117 cm³/mol. The van der Waals surface area contributed by atoms with Crippen molar-refractivity contribution in [1.82, 2.24) is 0 Å². The van der Waals surface area contributed by atoms with Gasteiger partial charge in [0.15, 0.2) is 0 Å². The van der Waals surface area contributed by atoms with Crippen LogP contribution >= 0.6 is 12.8 Å². The van der Waals surface area contributed by atoms with Gasteiger partial charge in [-0.2, -0.15) is 0 Å². The van der Waals surface area contributed by atoms with Crippen molar-refractivity contribution in [3.05, 3.63) is 77.6 Å². The van der Waals surface area contributed by atoms with E-state index in [4.69, 9.17) is 9.15 Å². The molecule has 1 fully saturated rings. The molecule has 0 spiro atoms. The molecule has 1 aromatic heterocycles. The van der Waals surface area contributed by atoms with Gasteiger partial charge in [-0.25, -0.2) is 4.39 Å². The number of thiol groups is 1. The van der Waals surface area contributed by atoms with Crippen LogP contribution in [0.1, 0.15) is 29.9 Å². The average molecular weight is 405 g/mol. The first kappa shape index (κ1) is 18.1. The number of ether oxygens (including phenoxy) is 1. The van der Waals surface area contributed by atoms with E-state index in [0.717, 1.165) is 33.5 Å². The Balaban J connectivity index is 1.47. The van der Waals surface area contributed by atoms with E-state index in [1.807, 2.05) is 30.3 Å². The lowest BCUT2D eigenvalue weighted by Crippen LogP contribution is -1.89. The third kappa shape index (κ3) is 3.47. The zero-order valence-corrected chi connectivity index (χ0v) is 16.8. The molecule has 0 bridgehead atoms. The topological polar surface area (TPSA) is 34.4 Å². The quantitative estimate of drug-likeness (QED) is 0.338. The summed E-state index contributed by atoms with van der Waals surface area (Å²) in [5, 5.41) is 1.14. The number of hydrogen-bond donors (Lipinski definition) is 2. The molecule has 1 N–H and O–H groups in total. The van der Waals surface area contributed by atoms with Gasteiger partial charge in [-0.1, -0.05) is 12.8 Å². The van der Waals surface area contributed by atoms with E-state index in [-0.39, 0.29) is 5.82 Å². The molecule has 0 atom stereocenters. The normalized spacial score (nSPS) is 13.6. The lowest BCUT2D eigenvalue weighted by Gasteiger charge is -2.07. The molecule has 146 valence electrons. The molecule has 1 heterocycles. The monoisotopic (exact) mass is 405 g/mol. The van der Waals surface area contributed by atoms with Crippen LogP contribution in [-0.4, -0.2) is 0 Å². The fraction of sp³-hybridized carbons (Fsp3) is 0.167. The van der Waals surface area contributed by atoms with Crippen molar-refractivity contribution in [2.75, 3.05) is 4.72 Å². The van der Waals surface area contributed by atoms with E-state index in [1.54, 1.807) is 12.1 Å². The van der Waals surface area contributed by atoms with Crippen molar-refractivity contribution in [1.29, 1.82) is 0 Å². The molecular formula is C24H20FNO2S. The second-order valence-corrected chi connectivity index (χ2v) is 7.68. The number of hydrogen-bond acceptors (Lipinski definition) is 4. The van der Waals surface area contributed by atoms with Crippen LogP contribution in [0.2, 0.25) is 0 Å². The fourth-order valence-corrected chi connectivity index (χ4v) is 3.89. The summed E-state index contributed by atoms with van der Waals surface area (Å²) in [7, 11) is 0. The van der Waals surface area contributed by atoms with Crippen molar-refractivity contribution in [3.63, 3.8) is 0 Å². The summed E-state index contributed by atoms with van der Waals surface area (Å²) < 4.78 is 28.0. The Kier molecular flexibility index (Phi) is 4.47. The highest BCUT2D eigenvalue weighted by Gasteiger charge is 2.27. The minimum absolute atomic E-state index is 0.283. The molecule has 0 saturated heterocycles. The number of anilines is 1. The molecule has 0 radical (unpaired) electrons. The molecule has 5 rings (SSSR count). The summed E-state index contributed by atoms with van der Waals surface area (Å²) in [6.45, 7) is 2.09. The zero-order chi connectivity index (χ0) is 20.0. The van der Waals surface area contributed by atoms with E-state index < -0.39 is 0 Å². The third-order valence-electron chi connectivity index (χ3n) is 5.41. The number of nitrogens with one attached hydrogen (secondary N) is 1. The maximum absolute atomic E-state index is 13.0. The number of benzene rings is 3. The second-order valence-electron chi connectivity index (χ2n) is 7.46. The Hall–Kier alpha value is -2.92. The number of aryl methyl sites for hydroxylation is 1. The minimum Gasteiger partial charge on any atom is -0.457 e. The van der Waals surface area contributed by atoms with E-state index in [2.05, 4.69) is 30.5 Å². The standard InChI is InChI=1S/C24H20FNO2S/c1-14-20-12-21(15-2-3-15)22(26-29)13-23(20)28-24(14)16-4-8-18(9-5-16)27-19-10-6-17(25)7-11-19/h4-13,15,26,29H,2-3H2,1H3. The van der Waals surface area contributed by atoms with Gasteiger partial charge < -0.3 is 13.9 Å². The number of furan rings is 1. The summed E-state index contributed by atoms with van der Waals surface area (Å²) in [5.41, 5.74) is 5.29. The first-order valence-electron chi connectivity index (χ1n) is 9.63. The van der Waals surface area contributed by atoms with E-state index in [0.29, 0.717) is 17.4 Å². The lowest BCUT2D eigenvalue weighted by atomic mass is 10.0. The van der Waals surface area contributed by atoms with Crippen molar-refractivity contribution in [2.45, 2.75) is 25.7 Å². The zero-order valence-electron chi connectivity index (χ0n) is 15.9. The van der Waals surface area contributed by atoms with Crippen LogP contribution in [-0.2, 0) is 0 Å². The largest absolute Gasteiger partial charge is 0.457 e. The number of halogens is 1. The van der Waals surface area contributed by atoms with Crippen LogP contribution in [0.15, 0.2) is 65.1 Å². The maximum atomic E-state index is 13.0. The molecule has 0 aliphatic heterocycles. The Morgan fingerprint density at radius 1 is 1.00 bits per heavy atom. The van der Waals surface area contributed by atoms with Crippen LogP contribution in [0, 0.1) is 12.7 Å². The van der Waals surface area contributed by atoms with E-state index in [1.165, 1.54) is 30.5 Å². The van der Waals surface area contributed by atoms with Crippen LogP contribution in [0.4, 0.5) is 10.1 Å². The fourth-order valence-electron chi connectivity index (χ4n) is 3.70. The molecule has 29 heavy (non-hydrogen) atoms. The number of fused-ring (bicyclic) bond motifs is 1. The smallest absolute Gasteiger partial charge is 0.138 e. The Morgan fingerprint density at radius 3 is 2.28 bits per heavy atom. The summed E-state index contributed by atoms with van der Waals surface area (Å²) in [4.78, 5) is 0. The van der Waals surface area contributed by atoms with Gasteiger partial charge in [0.05, 0.1) is 5.69 Å². The molecule has 3 nitrogen and oxygen atoms in total. The molecule has 5 heteroatoms. The van der Waals surface area contributed by atoms with Crippen LogP contribution in [0.5, 0.6) is 11.5 Å². The van der Waals surface area contributed by atoms with Gasteiger partial charge in [-0.05, 0) is 85.8 Å². The first-order valence-corrected chi connectivity index (χ1v) is 10.1. The molecule has 0 unspecified atom stereocenters. The van der Waals surface area contributed by atoms with E-state index in [9.17, 15) is 4.39 Å². The molecule has 1 saturated carbocycles. The van der Waals surface area contributed by atoms with Crippen LogP contribution in [0.3, 0.4) is 0 Å². The average Bonchev–Trinajstić information content (AvgIpc) is 3.54. The van der Waals surface area contributed by atoms with Gasteiger partial charge in [0.1, 0.15) is 28.7 Å². The van der Waals surface area contributed by atoms with Crippen LogP contribution in [0.25, 0.3) is 22.3 Å². The highest BCUT2D eigenvalue weighted by Crippen LogP contribution is 2.46. The van der Waals surface area contributed by atoms with Crippen molar-refractivity contribution >= 4 is 29.5 Å². The number of rotatable bonds is 5. The van der Waals surface area contributed by atoms with Crippen LogP contribution < -0.4 is 9.46 Å². The molecule has 0 amide bonds.